The van der Waals surface area contributed by atoms with E-state index in [0.29, 0.717) is 12.8 Å². The van der Waals surface area contributed by atoms with E-state index in [-0.39, 0.29) is 12.5 Å². The standard InChI is InChI=1S/C14H19NO4/c1-5-8-15-9(16)14-7-6-13(4,12(14,2)3)10(17)19-11(14)18/h5H,1,6-8H2,2-4H3,(H,15,16). The van der Waals surface area contributed by atoms with Gasteiger partial charge in [0, 0.05) is 12.0 Å². The Morgan fingerprint density at radius 2 is 1.95 bits per heavy atom. The molecule has 0 spiro atoms. The molecule has 1 saturated carbocycles. The van der Waals surface area contributed by atoms with Gasteiger partial charge in [0.05, 0.1) is 5.41 Å². The van der Waals surface area contributed by atoms with E-state index in [1.165, 1.54) is 0 Å². The van der Waals surface area contributed by atoms with Crippen molar-refractivity contribution < 1.29 is 19.1 Å². The molecular formula is C14H19NO4. The van der Waals surface area contributed by atoms with Crippen molar-refractivity contribution in [1.82, 2.24) is 5.32 Å². The van der Waals surface area contributed by atoms with E-state index in [1.54, 1.807) is 26.8 Å². The minimum atomic E-state index is -1.28. The van der Waals surface area contributed by atoms with Crippen molar-refractivity contribution >= 4 is 17.8 Å². The van der Waals surface area contributed by atoms with Crippen LogP contribution >= 0.6 is 0 Å². The number of carbonyl (C=O) groups is 3. The van der Waals surface area contributed by atoms with Gasteiger partial charge in [-0.05, 0) is 19.8 Å². The summed E-state index contributed by atoms with van der Waals surface area (Å²) < 4.78 is 4.85. The highest BCUT2D eigenvalue weighted by Gasteiger charge is 2.75. The SMILES string of the molecule is C=CCNC(=O)C12CCC(C)(C(=O)OC1=O)C2(C)C. The zero-order valence-corrected chi connectivity index (χ0v) is 11.5. The third kappa shape index (κ3) is 1.38. The molecule has 2 bridgehead atoms. The van der Waals surface area contributed by atoms with Gasteiger partial charge < -0.3 is 10.1 Å². The van der Waals surface area contributed by atoms with Gasteiger partial charge in [-0.15, -0.1) is 6.58 Å². The number of cyclic esters (lactones) is 2. The normalized spacial score (nSPS) is 35.7. The van der Waals surface area contributed by atoms with Gasteiger partial charge in [-0.3, -0.25) is 14.4 Å². The van der Waals surface area contributed by atoms with Gasteiger partial charge in [-0.2, -0.15) is 0 Å². The molecule has 0 radical (unpaired) electrons. The molecule has 1 aliphatic heterocycles. The largest absolute Gasteiger partial charge is 0.392 e. The topological polar surface area (TPSA) is 72.5 Å². The highest BCUT2D eigenvalue weighted by Crippen LogP contribution is 2.66. The summed E-state index contributed by atoms with van der Waals surface area (Å²) in [6.07, 6.45) is 2.37. The van der Waals surface area contributed by atoms with Gasteiger partial charge >= 0.3 is 11.9 Å². The zero-order chi connectivity index (χ0) is 14.5. The second-order valence-corrected chi connectivity index (χ2v) is 6.04. The number of esters is 2. The van der Waals surface area contributed by atoms with Crippen LogP contribution in [-0.4, -0.2) is 24.4 Å². The summed E-state index contributed by atoms with van der Waals surface area (Å²) in [4.78, 5) is 36.6. The fourth-order valence-corrected chi connectivity index (χ4v) is 3.34. The van der Waals surface area contributed by atoms with Crippen LogP contribution in [0, 0.1) is 16.2 Å². The number of carbonyl (C=O) groups excluding carboxylic acids is 3. The fourth-order valence-electron chi connectivity index (χ4n) is 3.34. The maximum atomic E-state index is 12.4. The maximum absolute atomic E-state index is 12.4. The van der Waals surface area contributed by atoms with Crippen molar-refractivity contribution in [2.75, 3.05) is 6.54 Å². The molecule has 0 aromatic rings. The smallest absolute Gasteiger partial charge is 0.329 e. The molecule has 1 amide bonds. The van der Waals surface area contributed by atoms with Crippen molar-refractivity contribution in [3.05, 3.63) is 12.7 Å². The molecule has 2 atom stereocenters. The predicted octanol–water partition coefficient (Wildman–Crippen LogP) is 1.18. The lowest BCUT2D eigenvalue weighted by Crippen LogP contribution is -2.62. The predicted molar refractivity (Wildman–Crippen MR) is 67.9 cm³/mol. The van der Waals surface area contributed by atoms with Crippen LogP contribution in [0.3, 0.4) is 0 Å². The first-order valence-corrected chi connectivity index (χ1v) is 6.40. The lowest BCUT2D eigenvalue weighted by Gasteiger charge is -2.47. The molecule has 0 aromatic carbocycles. The number of hydrogen-bond donors (Lipinski definition) is 1. The average molecular weight is 265 g/mol. The summed E-state index contributed by atoms with van der Waals surface area (Å²) >= 11 is 0. The number of nitrogens with one attached hydrogen (secondary N) is 1. The summed E-state index contributed by atoms with van der Waals surface area (Å²) in [5.74, 6) is -1.62. The molecule has 0 aromatic heterocycles. The number of rotatable bonds is 3. The van der Waals surface area contributed by atoms with Crippen LogP contribution in [0.15, 0.2) is 12.7 Å². The molecule has 2 rings (SSSR count). The van der Waals surface area contributed by atoms with E-state index in [1.807, 2.05) is 0 Å². The Morgan fingerprint density at radius 1 is 1.32 bits per heavy atom. The molecule has 1 aliphatic carbocycles. The van der Waals surface area contributed by atoms with E-state index in [4.69, 9.17) is 4.74 Å². The van der Waals surface area contributed by atoms with Crippen molar-refractivity contribution in [3.8, 4) is 0 Å². The van der Waals surface area contributed by atoms with Gasteiger partial charge in [0.2, 0.25) is 5.91 Å². The Bertz CT molecular complexity index is 482. The molecule has 2 fully saturated rings. The van der Waals surface area contributed by atoms with E-state index >= 15 is 0 Å². The minimum absolute atomic E-state index is 0.286. The van der Waals surface area contributed by atoms with Crippen LogP contribution in [0.2, 0.25) is 0 Å². The number of amides is 1. The first kappa shape index (κ1) is 13.8. The van der Waals surface area contributed by atoms with Crippen molar-refractivity contribution in [3.63, 3.8) is 0 Å². The molecule has 5 heteroatoms. The van der Waals surface area contributed by atoms with Crippen molar-refractivity contribution in [2.45, 2.75) is 33.6 Å². The first-order chi connectivity index (χ1) is 8.74. The summed E-state index contributed by atoms with van der Waals surface area (Å²) in [5, 5.41) is 2.67. The molecule has 19 heavy (non-hydrogen) atoms. The summed E-state index contributed by atoms with van der Waals surface area (Å²) in [7, 11) is 0. The van der Waals surface area contributed by atoms with Gasteiger partial charge in [0.1, 0.15) is 0 Å². The molecule has 1 N–H and O–H groups in total. The zero-order valence-electron chi connectivity index (χ0n) is 11.5. The Morgan fingerprint density at radius 3 is 2.53 bits per heavy atom. The molecule has 104 valence electrons. The van der Waals surface area contributed by atoms with Crippen molar-refractivity contribution in [1.29, 1.82) is 0 Å². The Kier molecular flexibility index (Phi) is 2.84. The van der Waals surface area contributed by atoms with E-state index < -0.39 is 28.2 Å². The maximum Gasteiger partial charge on any atom is 0.329 e. The summed E-state index contributed by atoms with van der Waals surface area (Å²) in [6.45, 7) is 9.18. The molecule has 5 nitrogen and oxygen atoms in total. The van der Waals surface area contributed by atoms with E-state index in [0.717, 1.165) is 0 Å². The lowest BCUT2D eigenvalue weighted by molar-refractivity contribution is -0.196. The second-order valence-electron chi connectivity index (χ2n) is 6.04. The Hall–Kier alpha value is -1.65. The monoisotopic (exact) mass is 265 g/mol. The Labute approximate surface area is 112 Å². The summed E-state index contributed by atoms with van der Waals surface area (Å²) in [6, 6.07) is 0. The molecular weight excluding hydrogens is 246 g/mol. The quantitative estimate of drug-likeness (QED) is 0.472. The molecule has 2 aliphatic rings. The number of hydrogen-bond acceptors (Lipinski definition) is 4. The van der Waals surface area contributed by atoms with Crippen LogP contribution in [0.1, 0.15) is 33.6 Å². The van der Waals surface area contributed by atoms with Gasteiger partial charge in [0.25, 0.3) is 0 Å². The third-order valence-corrected chi connectivity index (χ3v) is 5.23. The lowest BCUT2D eigenvalue weighted by atomic mass is 9.57. The third-order valence-electron chi connectivity index (χ3n) is 5.23. The van der Waals surface area contributed by atoms with Gasteiger partial charge in [-0.1, -0.05) is 19.9 Å². The second kappa shape index (κ2) is 3.92. The van der Waals surface area contributed by atoms with E-state index in [2.05, 4.69) is 11.9 Å². The number of ether oxygens (including phenoxy) is 1. The molecule has 1 saturated heterocycles. The molecule has 2 unspecified atom stereocenters. The fraction of sp³-hybridized carbons (Fsp3) is 0.643. The average Bonchev–Trinajstić information content (AvgIpc) is 2.48. The van der Waals surface area contributed by atoms with Crippen LogP contribution < -0.4 is 5.32 Å². The van der Waals surface area contributed by atoms with Crippen LogP contribution in [0.5, 0.6) is 0 Å². The molecule has 1 heterocycles. The van der Waals surface area contributed by atoms with Crippen molar-refractivity contribution in [2.24, 2.45) is 16.2 Å². The van der Waals surface area contributed by atoms with Crippen LogP contribution in [0.4, 0.5) is 0 Å². The van der Waals surface area contributed by atoms with Gasteiger partial charge in [-0.25, -0.2) is 0 Å². The first-order valence-electron chi connectivity index (χ1n) is 6.40. The minimum Gasteiger partial charge on any atom is -0.392 e. The van der Waals surface area contributed by atoms with Crippen LogP contribution in [0.25, 0.3) is 0 Å². The van der Waals surface area contributed by atoms with Gasteiger partial charge in [0.15, 0.2) is 5.41 Å². The highest BCUT2D eigenvalue weighted by molar-refractivity contribution is 6.11. The summed E-state index contributed by atoms with van der Waals surface area (Å²) in [5.41, 5.74) is -2.84. The Balaban J connectivity index is 2.49. The van der Waals surface area contributed by atoms with E-state index in [9.17, 15) is 14.4 Å². The van der Waals surface area contributed by atoms with Crippen LogP contribution in [-0.2, 0) is 19.1 Å². The highest BCUT2D eigenvalue weighted by atomic mass is 16.6. The number of fused-ring (bicyclic) bond motifs is 2.